The number of hydrogen-bond acceptors (Lipinski definition) is 4. The Kier molecular flexibility index (Phi) is 5.32. The molecule has 0 unspecified atom stereocenters. The van der Waals surface area contributed by atoms with Gasteiger partial charge in [-0.05, 0) is 31.2 Å². The number of amides is 2. The molecule has 2 amide bonds. The average Bonchev–Trinajstić information content (AvgIpc) is 3.01. The van der Waals surface area contributed by atoms with E-state index in [1.807, 2.05) is 0 Å². The van der Waals surface area contributed by atoms with Gasteiger partial charge in [0, 0.05) is 5.71 Å². The number of rotatable bonds is 5. The Labute approximate surface area is 132 Å². The van der Waals surface area contributed by atoms with Gasteiger partial charge in [0.2, 0.25) is 5.91 Å². The summed E-state index contributed by atoms with van der Waals surface area (Å²) in [6, 6.07) is 10.0. The fourth-order valence-electron chi connectivity index (χ4n) is 1.64. The second-order valence-corrected chi connectivity index (χ2v) is 4.88. The summed E-state index contributed by atoms with van der Waals surface area (Å²) in [6.07, 6.45) is 1.42. The predicted octanol–water partition coefficient (Wildman–Crippen LogP) is 3.07. The van der Waals surface area contributed by atoms with Crippen molar-refractivity contribution >= 4 is 34.8 Å². The van der Waals surface area contributed by atoms with Crippen molar-refractivity contribution in [2.24, 2.45) is 5.10 Å². The van der Waals surface area contributed by atoms with Crippen molar-refractivity contribution in [3.05, 3.63) is 53.4 Å². The van der Waals surface area contributed by atoms with Crippen molar-refractivity contribution in [2.45, 2.75) is 13.3 Å². The largest absolute Gasteiger partial charge is 0.459 e. The second kappa shape index (κ2) is 7.42. The van der Waals surface area contributed by atoms with Gasteiger partial charge in [-0.15, -0.1) is 0 Å². The number of para-hydroxylation sites is 1. The lowest BCUT2D eigenvalue weighted by atomic mass is 10.2. The molecular weight excluding hydrogens is 306 g/mol. The van der Waals surface area contributed by atoms with E-state index in [9.17, 15) is 9.59 Å². The van der Waals surface area contributed by atoms with E-state index in [4.69, 9.17) is 16.0 Å². The number of hydrogen-bond donors (Lipinski definition) is 2. The van der Waals surface area contributed by atoms with E-state index in [0.717, 1.165) is 0 Å². The minimum atomic E-state index is -0.476. The number of carbonyl (C=O) groups is 2. The summed E-state index contributed by atoms with van der Waals surface area (Å²) < 4.78 is 4.93. The molecule has 0 radical (unpaired) electrons. The normalized spacial score (nSPS) is 11.1. The highest BCUT2D eigenvalue weighted by Gasteiger charge is 2.09. The zero-order chi connectivity index (χ0) is 15.9. The SMILES string of the molecule is C/C(CC(=O)Nc1ccccc1Cl)=N\NC(=O)c1ccco1. The molecule has 7 heteroatoms. The second-order valence-electron chi connectivity index (χ2n) is 4.47. The molecule has 0 saturated heterocycles. The number of carbonyl (C=O) groups excluding carboxylic acids is 2. The first-order chi connectivity index (χ1) is 10.6. The number of nitrogens with one attached hydrogen (secondary N) is 2. The molecule has 2 aromatic rings. The van der Waals surface area contributed by atoms with Gasteiger partial charge in [0.25, 0.3) is 0 Å². The van der Waals surface area contributed by atoms with Gasteiger partial charge in [-0.25, -0.2) is 5.43 Å². The van der Waals surface area contributed by atoms with E-state index >= 15 is 0 Å². The Bertz CT molecular complexity index is 696. The van der Waals surface area contributed by atoms with Crippen molar-refractivity contribution in [3.8, 4) is 0 Å². The molecule has 0 fully saturated rings. The topological polar surface area (TPSA) is 83.7 Å². The molecule has 22 heavy (non-hydrogen) atoms. The number of benzene rings is 1. The molecule has 114 valence electrons. The summed E-state index contributed by atoms with van der Waals surface area (Å²) in [4.78, 5) is 23.5. The van der Waals surface area contributed by atoms with Gasteiger partial charge >= 0.3 is 5.91 Å². The maximum absolute atomic E-state index is 11.9. The average molecular weight is 320 g/mol. The summed E-state index contributed by atoms with van der Waals surface area (Å²) in [7, 11) is 0. The number of halogens is 1. The Morgan fingerprint density at radius 1 is 1.23 bits per heavy atom. The Morgan fingerprint density at radius 2 is 2.00 bits per heavy atom. The highest BCUT2D eigenvalue weighted by molar-refractivity contribution is 6.33. The van der Waals surface area contributed by atoms with Gasteiger partial charge in [0.15, 0.2) is 5.76 Å². The van der Waals surface area contributed by atoms with Crippen LogP contribution >= 0.6 is 11.6 Å². The van der Waals surface area contributed by atoms with E-state index < -0.39 is 5.91 Å². The third-order valence-corrected chi connectivity index (χ3v) is 2.99. The molecule has 6 nitrogen and oxygen atoms in total. The first kappa shape index (κ1) is 15.8. The first-order valence-corrected chi connectivity index (χ1v) is 6.85. The molecule has 0 aliphatic heterocycles. The van der Waals surface area contributed by atoms with Crippen LogP contribution in [0, 0.1) is 0 Å². The lowest BCUT2D eigenvalue weighted by Crippen LogP contribution is -2.21. The monoisotopic (exact) mass is 319 g/mol. The van der Waals surface area contributed by atoms with Gasteiger partial charge in [0.05, 0.1) is 23.4 Å². The van der Waals surface area contributed by atoms with Crippen molar-refractivity contribution in [1.29, 1.82) is 0 Å². The van der Waals surface area contributed by atoms with Crippen LogP contribution in [0.5, 0.6) is 0 Å². The number of nitrogens with zero attached hydrogens (tertiary/aromatic N) is 1. The molecule has 0 aliphatic carbocycles. The van der Waals surface area contributed by atoms with E-state index in [0.29, 0.717) is 16.4 Å². The predicted molar refractivity (Wildman–Crippen MR) is 84.0 cm³/mol. The third-order valence-electron chi connectivity index (χ3n) is 2.66. The maximum atomic E-state index is 11.9. The van der Waals surface area contributed by atoms with E-state index in [1.165, 1.54) is 12.3 Å². The minimum Gasteiger partial charge on any atom is -0.459 e. The lowest BCUT2D eigenvalue weighted by molar-refractivity contribution is -0.115. The van der Waals surface area contributed by atoms with E-state index in [2.05, 4.69) is 15.8 Å². The van der Waals surface area contributed by atoms with Crippen molar-refractivity contribution in [2.75, 3.05) is 5.32 Å². The van der Waals surface area contributed by atoms with Crippen LogP contribution in [0.3, 0.4) is 0 Å². The zero-order valence-electron chi connectivity index (χ0n) is 11.8. The fourth-order valence-corrected chi connectivity index (χ4v) is 1.82. The third kappa shape index (κ3) is 4.46. The van der Waals surface area contributed by atoms with Crippen LogP contribution in [0.1, 0.15) is 23.9 Å². The first-order valence-electron chi connectivity index (χ1n) is 6.47. The quantitative estimate of drug-likeness (QED) is 0.656. The van der Waals surface area contributed by atoms with Gasteiger partial charge < -0.3 is 9.73 Å². The van der Waals surface area contributed by atoms with Crippen molar-refractivity contribution in [3.63, 3.8) is 0 Å². The van der Waals surface area contributed by atoms with Gasteiger partial charge in [-0.2, -0.15) is 5.10 Å². The van der Waals surface area contributed by atoms with Crippen LogP contribution in [-0.4, -0.2) is 17.5 Å². The smallest absolute Gasteiger partial charge is 0.307 e. The van der Waals surface area contributed by atoms with Crippen LogP contribution in [0.2, 0.25) is 5.02 Å². The molecule has 0 spiro atoms. The summed E-state index contributed by atoms with van der Waals surface area (Å²) in [5.41, 5.74) is 3.29. The Morgan fingerprint density at radius 3 is 2.68 bits per heavy atom. The maximum Gasteiger partial charge on any atom is 0.307 e. The van der Waals surface area contributed by atoms with Crippen molar-refractivity contribution < 1.29 is 14.0 Å². The van der Waals surface area contributed by atoms with Crippen LogP contribution < -0.4 is 10.7 Å². The molecule has 0 bridgehead atoms. The zero-order valence-corrected chi connectivity index (χ0v) is 12.6. The molecule has 2 rings (SSSR count). The molecule has 1 aromatic heterocycles. The lowest BCUT2D eigenvalue weighted by Gasteiger charge is -2.06. The molecular formula is C15H14ClN3O3. The molecule has 1 heterocycles. The van der Waals surface area contributed by atoms with Crippen molar-refractivity contribution in [1.82, 2.24) is 5.43 Å². The van der Waals surface area contributed by atoms with Gasteiger partial charge in [0.1, 0.15) is 0 Å². The molecule has 2 N–H and O–H groups in total. The number of furan rings is 1. The van der Waals surface area contributed by atoms with Crippen LogP contribution in [-0.2, 0) is 4.79 Å². The Hall–Kier alpha value is -2.60. The molecule has 0 aliphatic rings. The summed E-state index contributed by atoms with van der Waals surface area (Å²) in [6.45, 7) is 1.63. The highest BCUT2D eigenvalue weighted by Crippen LogP contribution is 2.20. The number of hydrazone groups is 1. The molecule has 0 saturated carbocycles. The van der Waals surface area contributed by atoms with Gasteiger partial charge in [-0.3, -0.25) is 9.59 Å². The van der Waals surface area contributed by atoms with E-state index in [-0.39, 0.29) is 18.1 Å². The molecule has 1 aromatic carbocycles. The highest BCUT2D eigenvalue weighted by atomic mass is 35.5. The van der Waals surface area contributed by atoms with Gasteiger partial charge in [-0.1, -0.05) is 23.7 Å². The Balaban J connectivity index is 1.87. The fraction of sp³-hybridized carbons (Fsp3) is 0.133. The summed E-state index contributed by atoms with van der Waals surface area (Å²) >= 11 is 5.95. The van der Waals surface area contributed by atoms with Crippen LogP contribution in [0.4, 0.5) is 5.69 Å². The minimum absolute atomic E-state index is 0.0314. The number of anilines is 1. The summed E-state index contributed by atoms with van der Waals surface area (Å²) in [5, 5.41) is 6.98. The van der Waals surface area contributed by atoms with Crippen LogP contribution in [0.25, 0.3) is 0 Å². The molecule has 0 atom stereocenters. The summed E-state index contributed by atoms with van der Waals surface area (Å²) in [5.74, 6) is -0.602. The van der Waals surface area contributed by atoms with E-state index in [1.54, 1.807) is 37.3 Å². The van der Waals surface area contributed by atoms with Crippen LogP contribution in [0.15, 0.2) is 52.2 Å². The standard InChI is InChI=1S/C15H14ClN3O3/c1-10(18-19-15(21)13-7-4-8-22-13)9-14(20)17-12-6-3-2-5-11(12)16/h2-8H,9H2,1H3,(H,17,20)(H,19,21)/b18-10+.